The van der Waals surface area contributed by atoms with Crippen LogP contribution in [0.3, 0.4) is 0 Å². The van der Waals surface area contributed by atoms with Crippen LogP contribution in [0.25, 0.3) is 10.9 Å². The summed E-state index contributed by atoms with van der Waals surface area (Å²) < 4.78 is 5.42. The van der Waals surface area contributed by atoms with Crippen molar-refractivity contribution in [2.24, 2.45) is 4.99 Å². The number of methoxy groups -OCH3 is 1. The van der Waals surface area contributed by atoms with Crippen LogP contribution in [0.2, 0.25) is 5.15 Å². The van der Waals surface area contributed by atoms with Gasteiger partial charge in [-0.25, -0.2) is 9.98 Å². The molecule has 31 heavy (non-hydrogen) atoms. The van der Waals surface area contributed by atoms with E-state index in [2.05, 4.69) is 16.0 Å². The van der Waals surface area contributed by atoms with E-state index in [0.717, 1.165) is 62.1 Å². The van der Waals surface area contributed by atoms with Crippen LogP contribution in [0.15, 0.2) is 69.7 Å². The summed E-state index contributed by atoms with van der Waals surface area (Å²) in [6.45, 7) is 0. The van der Waals surface area contributed by atoms with Gasteiger partial charge in [-0.3, -0.25) is 4.79 Å². The first-order valence-corrected chi connectivity index (χ1v) is 11.4. The first kappa shape index (κ1) is 18.9. The van der Waals surface area contributed by atoms with Crippen LogP contribution in [0.4, 0.5) is 5.69 Å². The van der Waals surface area contributed by atoms with Gasteiger partial charge in [-0.15, -0.1) is 0 Å². The van der Waals surface area contributed by atoms with Gasteiger partial charge >= 0.3 is 0 Å². The zero-order valence-electron chi connectivity index (χ0n) is 16.8. The minimum absolute atomic E-state index is 0.144. The molecule has 0 saturated heterocycles. The van der Waals surface area contributed by atoms with E-state index in [4.69, 9.17) is 21.3 Å². The molecule has 7 heteroatoms. The number of fused-ring (bicyclic) bond motifs is 4. The average Bonchev–Trinajstić information content (AvgIpc) is 3.14. The van der Waals surface area contributed by atoms with Crippen molar-refractivity contribution in [2.45, 2.75) is 30.2 Å². The minimum atomic E-state index is -0.345. The minimum Gasteiger partial charge on any atom is -0.497 e. The number of carbonyl (C=O) groups is 1. The zero-order valence-corrected chi connectivity index (χ0v) is 18.3. The Hall–Kier alpha value is -2.83. The molecule has 2 aliphatic heterocycles. The summed E-state index contributed by atoms with van der Waals surface area (Å²) >= 11 is 8.34. The fourth-order valence-corrected chi connectivity index (χ4v) is 5.94. The van der Waals surface area contributed by atoms with Crippen molar-refractivity contribution < 1.29 is 9.53 Å². The molecule has 1 unspecified atom stereocenters. The van der Waals surface area contributed by atoms with Gasteiger partial charge < -0.3 is 9.64 Å². The van der Waals surface area contributed by atoms with E-state index in [1.165, 1.54) is 0 Å². The van der Waals surface area contributed by atoms with E-state index in [9.17, 15) is 4.79 Å². The van der Waals surface area contributed by atoms with Gasteiger partial charge in [-0.1, -0.05) is 29.8 Å². The molecule has 3 heterocycles. The van der Waals surface area contributed by atoms with Crippen LogP contribution in [0.1, 0.15) is 30.9 Å². The maximum atomic E-state index is 13.1. The highest BCUT2D eigenvalue weighted by Crippen LogP contribution is 2.53. The Morgan fingerprint density at radius 1 is 1.16 bits per heavy atom. The summed E-state index contributed by atoms with van der Waals surface area (Å²) in [6, 6.07) is 15.6. The average molecular weight is 448 g/mol. The number of rotatable bonds is 2. The third-order valence-corrected chi connectivity index (χ3v) is 7.34. The van der Waals surface area contributed by atoms with Crippen LogP contribution in [0.5, 0.6) is 5.75 Å². The molecule has 5 nitrogen and oxygen atoms in total. The van der Waals surface area contributed by atoms with Crippen LogP contribution in [-0.2, 0) is 4.79 Å². The van der Waals surface area contributed by atoms with Crippen LogP contribution >= 0.6 is 23.4 Å². The van der Waals surface area contributed by atoms with Crippen molar-refractivity contribution in [3.63, 3.8) is 0 Å². The monoisotopic (exact) mass is 447 g/mol. The highest BCUT2D eigenvalue weighted by molar-refractivity contribution is 8.14. The maximum absolute atomic E-state index is 13.1. The molecule has 0 fully saturated rings. The Morgan fingerprint density at radius 3 is 2.90 bits per heavy atom. The summed E-state index contributed by atoms with van der Waals surface area (Å²) in [4.78, 5) is 25.9. The highest BCUT2D eigenvalue weighted by atomic mass is 35.5. The molecule has 6 rings (SSSR count). The second-order valence-corrected chi connectivity index (χ2v) is 9.17. The maximum Gasteiger partial charge on any atom is 0.174 e. The van der Waals surface area contributed by atoms with Crippen molar-refractivity contribution in [2.75, 3.05) is 12.0 Å². The summed E-state index contributed by atoms with van der Waals surface area (Å²) in [5.74, 6) is 0.938. The predicted molar refractivity (Wildman–Crippen MR) is 124 cm³/mol. The fourth-order valence-electron chi connectivity index (χ4n) is 4.59. The number of amidine groups is 1. The fraction of sp³-hybridized carbons (Fsp3) is 0.208. The predicted octanol–water partition coefficient (Wildman–Crippen LogP) is 5.93. The summed E-state index contributed by atoms with van der Waals surface area (Å²) in [6.07, 6.45) is 2.17. The Bertz CT molecular complexity index is 1330. The van der Waals surface area contributed by atoms with Gasteiger partial charge in [0, 0.05) is 27.8 Å². The molecule has 0 spiro atoms. The molecule has 1 aliphatic carbocycles. The quantitative estimate of drug-likeness (QED) is 0.456. The van der Waals surface area contributed by atoms with Gasteiger partial charge in [0.25, 0.3) is 0 Å². The largest absolute Gasteiger partial charge is 0.497 e. The zero-order chi connectivity index (χ0) is 21.1. The number of Topliss-reactive ketones (excluding diaryl/α,β-unsaturated/α-hetero) is 1. The van der Waals surface area contributed by atoms with Gasteiger partial charge in [0.2, 0.25) is 0 Å². The van der Waals surface area contributed by atoms with Crippen molar-refractivity contribution in [1.29, 1.82) is 0 Å². The molecule has 1 atom stereocenters. The molecule has 0 amide bonds. The third-order valence-electron chi connectivity index (χ3n) is 6.02. The molecule has 1 aromatic heterocycles. The Labute approximate surface area is 188 Å². The van der Waals surface area contributed by atoms with Crippen LogP contribution in [-0.4, -0.2) is 23.0 Å². The lowest BCUT2D eigenvalue weighted by molar-refractivity contribution is -0.116. The Balaban J connectivity index is 1.60. The van der Waals surface area contributed by atoms with Crippen LogP contribution in [0, 0.1) is 0 Å². The number of nitrogens with zero attached hydrogens (tertiary/aromatic N) is 3. The first-order valence-electron chi connectivity index (χ1n) is 10.2. The van der Waals surface area contributed by atoms with Gasteiger partial charge in [0.05, 0.1) is 30.1 Å². The number of para-hydroxylation sites is 1. The van der Waals surface area contributed by atoms with E-state index >= 15 is 0 Å². The summed E-state index contributed by atoms with van der Waals surface area (Å²) in [7, 11) is 1.66. The van der Waals surface area contributed by atoms with E-state index in [1.807, 2.05) is 42.5 Å². The number of benzene rings is 2. The third kappa shape index (κ3) is 2.89. The van der Waals surface area contributed by atoms with E-state index in [0.29, 0.717) is 11.6 Å². The SMILES string of the molecule is COc1ccc2c(c1)SC1=NC3=C(C(=O)CCC3)C(c3cc4ccccc4nc3Cl)N12. The molecule has 0 bridgehead atoms. The number of aliphatic imine (C=N–C) groups is 1. The molecule has 154 valence electrons. The number of ketones is 1. The van der Waals surface area contributed by atoms with Crippen LogP contribution < -0.4 is 9.64 Å². The first-order chi connectivity index (χ1) is 15.1. The van der Waals surface area contributed by atoms with Crippen molar-refractivity contribution in [3.05, 3.63) is 70.5 Å². The number of allylic oxidation sites excluding steroid dienone is 1. The lowest BCUT2D eigenvalue weighted by Gasteiger charge is -2.37. The van der Waals surface area contributed by atoms with Gasteiger partial charge in [0.1, 0.15) is 10.9 Å². The highest BCUT2D eigenvalue weighted by Gasteiger charge is 2.43. The smallest absolute Gasteiger partial charge is 0.174 e. The molecule has 3 aromatic rings. The number of thioether (sulfide) groups is 1. The number of carbonyl (C=O) groups excluding carboxylic acids is 1. The lowest BCUT2D eigenvalue weighted by atomic mass is 9.85. The van der Waals surface area contributed by atoms with Gasteiger partial charge in [-0.2, -0.15) is 0 Å². The molecule has 0 N–H and O–H groups in total. The lowest BCUT2D eigenvalue weighted by Crippen LogP contribution is -2.38. The number of pyridine rings is 1. The van der Waals surface area contributed by atoms with E-state index in [1.54, 1.807) is 18.9 Å². The van der Waals surface area contributed by atoms with Gasteiger partial charge in [-0.05, 0) is 54.9 Å². The molecule has 3 aliphatic rings. The number of anilines is 1. The Kier molecular flexibility index (Phi) is 4.33. The van der Waals surface area contributed by atoms with Gasteiger partial charge in [0.15, 0.2) is 11.0 Å². The summed E-state index contributed by atoms with van der Waals surface area (Å²) in [5, 5.41) is 2.28. The topological polar surface area (TPSA) is 54.8 Å². The number of hydrogen-bond acceptors (Lipinski definition) is 6. The molecule has 2 aromatic carbocycles. The summed E-state index contributed by atoms with van der Waals surface area (Å²) in [5.41, 5.74) is 4.30. The number of aromatic nitrogens is 1. The van der Waals surface area contributed by atoms with Crippen molar-refractivity contribution in [3.8, 4) is 5.75 Å². The Morgan fingerprint density at radius 2 is 2.03 bits per heavy atom. The molecular formula is C24H18ClN3O2S. The number of halogens is 1. The molecular weight excluding hydrogens is 430 g/mol. The molecule has 0 saturated carbocycles. The molecule has 0 radical (unpaired) electrons. The van der Waals surface area contributed by atoms with Crippen molar-refractivity contribution >= 4 is 50.9 Å². The van der Waals surface area contributed by atoms with E-state index < -0.39 is 0 Å². The normalized spacial score (nSPS) is 19.8. The second-order valence-electron chi connectivity index (χ2n) is 7.80. The second kappa shape index (κ2) is 7.11. The van der Waals surface area contributed by atoms with Crippen molar-refractivity contribution in [1.82, 2.24) is 4.98 Å². The standard InChI is InChI=1S/C24H18ClN3O2S/c1-30-14-9-10-18-20(12-14)31-24-27-17-7-4-8-19(29)21(17)22(28(18)24)15-11-13-5-2-3-6-16(13)26-23(15)25/h2-3,5-6,9-12,22H,4,7-8H2,1H3. The number of ether oxygens (including phenoxy) is 1. The van der Waals surface area contributed by atoms with E-state index in [-0.39, 0.29) is 11.8 Å². The number of hydrogen-bond donors (Lipinski definition) is 0.